The second kappa shape index (κ2) is 11.0. The van der Waals surface area contributed by atoms with E-state index in [0.29, 0.717) is 23.6 Å². The minimum Gasteiger partial charge on any atom is -0.481 e. The van der Waals surface area contributed by atoms with Gasteiger partial charge in [-0.05, 0) is 43.4 Å². The van der Waals surface area contributed by atoms with E-state index in [-0.39, 0.29) is 24.5 Å². The number of nitrogens with zero attached hydrogens (tertiary/aromatic N) is 1. The van der Waals surface area contributed by atoms with E-state index < -0.39 is 12.1 Å². The molecule has 0 saturated heterocycles. The first-order valence-electron chi connectivity index (χ1n) is 10.1. The van der Waals surface area contributed by atoms with E-state index in [1.807, 2.05) is 17.7 Å². The van der Waals surface area contributed by atoms with Crippen LogP contribution in [0.2, 0.25) is 5.02 Å². The van der Waals surface area contributed by atoms with Crippen molar-refractivity contribution < 1.29 is 24.2 Å². The normalized spacial score (nSPS) is 12.0. The summed E-state index contributed by atoms with van der Waals surface area (Å²) in [6, 6.07) is 5.50. The molecule has 2 aromatic rings. The van der Waals surface area contributed by atoms with Gasteiger partial charge in [-0.15, -0.1) is 0 Å². The summed E-state index contributed by atoms with van der Waals surface area (Å²) < 4.78 is 6.57. The first-order chi connectivity index (χ1) is 14.2. The Morgan fingerprint density at radius 2 is 1.93 bits per heavy atom. The average Bonchev–Trinajstić information content (AvgIpc) is 2.94. The highest BCUT2D eigenvalue weighted by atomic mass is 35.5. The third kappa shape index (κ3) is 6.23. The molecule has 0 aliphatic rings. The van der Waals surface area contributed by atoms with Gasteiger partial charge in [0, 0.05) is 53.6 Å². The van der Waals surface area contributed by atoms with Gasteiger partial charge in [0.15, 0.2) is 5.78 Å². The number of alkyl carbamates (subject to hydrolysis) is 1. The minimum atomic E-state index is -0.906. The predicted octanol–water partition coefficient (Wildman–Crippen LogP) is 4.58. The molecule has 1 amide bonds. The van der Waals surface area contributed by atoms with Crippen molar-refractivity contribution in [3.8, 4) is 0 Å². The summed E-state index contributed by atoms with van der Waals surface area (Å²) >= 11 is 6.19. The molecule has 2 rings (SSSR count). The number of carboxylic acid groups (broad SMARTS) is 1. The molecule has 1 aromatic heterocycles. The van der Waals surface area contributed by atoms with Gasteiger partial charge in [-0.1, -0.05) is 24.9 Å². The molecule has 1 atom stereocenters. The van der Waals surface area contributed by atoms with Crippen LogP contribution in [0.5, 0.6) is 0 Å². The standard InChI is InChI=1S/C22H29ClN2O5/c1-14(12-20(27)28)11-19(26)21-16-13-15(23)8-9-17(16)25(2)18(21)7-5-4-6-10-24-22(29)30-3/h8-9,13-14H,4-7,10-12H2,1-3H3,(H,24,29)(H,27,28)/t14-/m0/s1. The maximum absolute atomic E-state index is 13.1. The SMILES string of the molecule is COC(=O)NCCCCCc1c(C(=O)C[C@H](C)CC(=O)O)c2cc(Cl)ccc2n1C. The maximum atomic E-state index is 13.1. The Bertz CT molecular complexity index is 922. The number of aromatic nitrogens is 1. The number of hydrogen-bond donors (Lipinski definition) is 2. The van der Waals surface area contributed by atoms with Gasteiger partial charge < -0.3 is 19.7 Å². The monoisotopic (exact) mass is 436 g/mol. The van der Waals surface area contributed by atoms with E-state index in [2.05, 4.69) is 10.1 Å². The number of methoxy groups -OCH3 is 1. The lowest BCUT2D eigenvalue weighted by atomic mass is 9.94. The highest BCUT2D eigenvalue weighted by molar-refractivity contribution is 6.31. The van der Waals surface area contributed by atoms with Crippen LogP contribution in [0, 0.1) is 5.92 Å². The number of aliphatic carboxylic acids is 1. The van der Waals surface area contributed by atoms with Gasteiger partial charge in [-0.25, -0.2) is 4.79 Å². The molecular weight excluding hydrogens is 408 g/mol. The number of aryl methyl sites for hydroxylation is 1. The van der Waals surface area contributed by atoms with E-state index in [0.717, 1.165) is 35.9 Å². The fourth-order valence-electron chi connectivity index (χ4n) is 3.72. The van der Waals surface area contributed by atoms with Crippen molar-refractivity contribution in [3.63, 3.8) is 0 Å². The number of unbranched alkanes of at least 4 members (excludes halogenated alkanes) is 2. The largest absolute Gasteiger partial charge is 0.481 e. The number of rotatable bonds is 11. The van der Waals surface area contributed by atoms with Crippen LogP contribution in [0.4, 0.5) is 4.79 Å². The maximum Gasteiger partial charge on any atom is 0.406 e. The van der Waals surface area contributed by atoms with E-state index in [1.54, 1.807) is 19.1 Å². The minimum absolute atomic E-state index is 0.0419. The highest BCUT2D eigenvalue weighted by Crippen LogP contribution is 2.31. The van der Waals surface area contributed by atoms with Crippen molar-refractivity contribution in [2.75, 3.05) is 13.7 Å². The number of carboxylic acids is 1. The summed E-state index contributed by atoms with van der Waals surface area (Å²) in [4.78, 5) is 35.2. The molecule has 30 heavy (non-hydrogen) atoms. The molecule has 0 saturated carbocycles. The third-order valence-corrected chi connectivity index (χ3v) is 5.40. The number of carbonyl (C=O) groups is 3. The lowest BCUT2D eigenvalue weighted by Crippen LogP contribution is -2.23. The summed E-state index contributed by atoms with van der Waals surface area (Å²) in [6.07, 6.45) is 2.94. The second-order valence-electron chi connectivity index (χ2n) is 7.60. The zero-order valence-corrected chi connectivity index (χ0v) is 18.4. The molecule has 7 nitrogen and oxygen atoms in total. The molecule has 1 heterocycles. The summed E-state index contributed by atoms with van der Waals surface area (Å²) in [5.41, 5.74) is 2.50. The van der Waals surface area contributed by atoms with Crippen molar-refractivity contribution in [3.05, 3.63) is 34.5 Å². The molecule has 0 radical (unpaired) electrons. The van der Waals surface area contributed by atoms with Crippen molar-refractivity contribution >= 4 is 40.3 Å². The molecule has 0 bridgehead atoms. The molecular formula is C22H29ClN2O5. The Labute approximate surface area is 181 Å². The number of amides is 1. The lowest BCUT2D eigenvalue weighted by molar-refractivity contribution is -0.137. The van der Waals surface area contributed by atoms with Gasteiger partial charge in [0.1, 0.15) is 0 Å². The number of fused-ring (bicyclic) bond motifs is 1. The van der Waals surface area contributed by atoms with Gasteiger partial charge in [0.2, 0.25) is 0 Å². The Morgan fingerprint density at radius 3 is 2.60 bits per heavy atom. The Balaban J connectivity index is 2.17. The number of nitrogens with one attached hydrogen (secondary N) is 1. The van der Waals surface area contributed by atoms with E-state index in [1.165, 1.54) is 7.11 Å². The van der Waals surface area contributed by atoms with Crippen LogP contribution in [0.25, 0.3) is 10.9 Å². The fourth-order valence-corrected chi connectivity index (χ4v) is 3.89. The molecule has 1 aromatic carbocycles. The highest BCUT2D eigenvalue weighted by Gasteiger charge is 2.23. The van der Waals surface area contributed by atoms with Gasteiger partial charge in [-0.2, -0.15) is 0 Å². The van der Waals surface area contributed by atoms with Crippen LogP contribution < -0.4 is 5.32 Å². The fraction of sp³-hybridized carbons (Fsp3) is 0.500. The zero-order chi connectivity index (χ0) is 22.3. The Kier molecular flexibility index (Phi) is 8.72. The molecule has 0 aliphatic carbocycles. The van der Waals surface area contributed by atoms with Crippen LogP contribution >= 0.6 is 11.6 Å². The number of ether oxygens (including phenoxy) is 1. The van der Waals surface area contributed by atoms with Crippen LogP contribution in [0.1, 0.15) is 55.1 Å². The zero-order valence-electron chi connectivity index (χ0n) is 17.7. The molecule has 0 unspecified atom stereocenters. The van der Waals surface area contributed by atoms with Gasteiger partial charge in [-0.3, -0.25) is 9.59 Å². The quantitative estimate of drug-likeness (QED) is 0.396. The van der Waals surface area contributed by atoms with Crippen LogP contribution in [-0.2, 0) is 23.0 Å². The number of benzene rings is 1. The number of halogens is 1. The Hall–Kier alpha value is -2.54. The van der Waals surface area contributed by atoms with Gasteiger partial charge >= 0.3 is 12.1 Å². The first-order valence-corrected chi connectivity index (χ1v) is 10.5. The third-order valence-electron chi connectivity index (χ3n) is 5.16. The van der Waals surface area contributed by atoms with Gasteiger partial charge in [0.25, 0.3) is 0 Å². The second-order valence-corrected chi connectivity index (χ2v) is 8.04. The van der Waals surface area contributed by atoms with Crippen molar-refractivity contribution in [2.24, 2.45) is 13.0 Å². The summed E-state index contributed by atoms with van der Waals surface area (Å²) in [7, 11) is 3.26. The van der Waals surface area contributed by atoms with Crippen molar-refractivity contribution in [1.29, 1.82) is 0 Å². The Morgan fingerprint density at radius 1 is 1.20 bits per heavy atom. The van der Waals surface area contributed by atoms with Crippen LogP contribution in [-0.4, -0.2) is 41.2 Å². The molecule has 8 heteroatoms. The van der Waals surface area contributed by atoms with Crippen LogP contribution in [0.15, 0.2) is 18.2 Å². The summed E-state index contributed by atoms with van der Waals surface area (Å²) in [5.74, 6) is -1.21. The molecule has 2 N–H and O–H groups in total. The molecule has 0 spiro atoms. The van der Waals surface area contributed by atoms with E-state index >= 15 is 0 Å². The van der Waals surface area contributed by atoms with E-state index in [4.69, 9.17) is 16.7 Å². The number of Topliss-reactive ketones (excluding diaryl/α,β-unsaturated/α-hetero) is 1. The molecule has 164 valence electrons. The van der Waals surface area contributed by atoms with Crippen molar-refractivity contribution in [1.82, 2.24) is 9.88 Å². The lowest BCUT2D eigenvalue weighted by Gasteiger charge is -2.11. The first kappa shape index (κ1) is 23.7. The topological polar surface area (TPSA) is 97.6 Å². The molecule has 0 fully saturated rings. The smallest absolute Gasteiger partial charge is 0.406 e. The number of ketones is 1. The predicted molar refractivity (Wildman–Crippen MR) is 116 cm³/mol. The van der Waals surface area contributed by atoms with Crippen LogP contribution in [0.3, 0.4) is 0 Å². The van der Waals surface area contributed by atoms with Crippen molar-refractivity contribution in [2.45, 2.75) is 45.4 Å². The van der Waals surface area contributed by atoms with E-state index in [9.17, 15) is 14.4 Å². The van der Waals surface area contributed by atoms with Gasteiger partial charge in [0.05, 0.1) is 7.11 Å². The number of hydrogen-bond acceptors (Lipinski definition) is 4. The average molecular weight is 437 g/mol. The number of carbonyl (C=O) groups excluding carboxylic acids is 2. The summed E-state index contributed by atoms with van der Waals surface area (Å²) in [6.45, 7) is 2.31. The molecule has 0 aliphatic heterocycles. The summed E-state index contributed by atoms with van der Waals surface area (Å²) in [5, 5.41) is 13.0.